The predicted octanol–water partition coefficient (Wildman–Crippen LogP) is 5.28. The normalized spacial score (nSPS) is 11.1. The number of aromatic nitrogens is 2. The average molecular weight is 353 g/mol. The van der Waals surface area contributed by atoms with Gasteiger partial charge in [-0.3, -0.25) is 4.79 Å². The molecule has 0 bridgehead atoms. The number of hydrogen-bond donors (Lipinski definition) is 1. The van der Waals surface area contributed by atoms with Crippen LogP contribution in [0.3, 0.4) is 0 Å². The molecule has 0 radical (unpaired) electrons. The second-order valence-corrected chi connectivity index (χ2v) is 6.91. The van der Waals surface area contributed by atoms with Gasteiger partial charge in [0.25, 0.3) is 5.56 Å². The number of H-pyrrole nitrogens is 1. The molecular formula is C19H13ClN2OS. The van der Waals surface area contributed by atoms with Crippen LogP contribution in [-0.2, 0) is 0 Å². The van der Waals surface area contributed by atoms with Gasteiger partial charge < -0.3 is 4.98 Å². The Kier molecular flexibility index (Phi) is 3.71. The molecule has 0 aliphatic rings. The zero-order valence-corrected chi connectivity index (χ0v) is 14.4. The van der Waals surface area contributed by atoms with Crippen molar-refractivity contribution in [2.24, 2.45) is 0 Å². The summed E-state index contributed by atoms with van der Waals surface area (Å²) in [5, 5.41) is 3.27. The standard InChI is InChI=1S/C19H13ClN2OS/c1-11-3-2-4-13(9-11)17-21-18(23)16-15(10-24-19(16)22-17)12-5-7-14(20)8-6-12/h2-10H,1H3,(H,21,22,23). The number of nitrogens with one attached hydrogen (secondary N) is 1. The highest BCUT2D eigenvalue weighted by Crippen LogP contribution is 2.32. The van der Waals surface area contributed by atoms with Gasteiger partial charge in [0.1, 0.15) is 10.7 Å². The summed E-state index contributed by atoms with van der Waals surface area (Å²) in [6, 6.07) is 15.4. The largest absolute Gasteiger partial charge is 0.306 e. The van der Waals surface area contributed by atoms with Crippen LogP contribution in [0.15, 0.2) is 58.7 Å². The topological polar surface area (TPSA) is 45.8 Å². The van der Waals surface area contributed by atoms with Crippen LogP contribution in [0.1, 0.15) is 5.56 Å². The van der Waals surface area contributed by atoms with Crippen molar-refractivity contribution in [1.29, 1.82) is 0 Å². The Labute approximate surface area is 147 Å². The van der Waals surface area contributed by atoms with E-state index in [0.717, 1.165) is 27.1 Å². The number of halogens is 1. The Hall–Kier alpha value is -2.43. The zero-order chi connectivity index (χ0) is 16.7. The van der Waals surface area contributed by atoms with E-state index in [1.54, 1.807) is 0 Å². The lowest BCUT2D eigenvalue weighted by Gasteiger charge is -2.03. The molecule has 0 aliphatic heterocycles. The van der Waals surface area contributed by atoms with Gasteiger partial charge in [0, 0.05) is 21.5 Å². The smallest absolute Gasteiger partial charge is 0.260 e. The molecule has 2 heterocycles. The quantitative estimate of drug-likeness (QED) is 0.533. The Morgan fingerprint density at radius 2 is 1.88 bits per heavy atom. The number of fused-ring (bicyclic) bond motifs is 1. The summed E-state index contributed by atoms with van der Waals surface area (Å²) >= 11 is 7.42. The molecule has 2 aromatic heterocycles. The minimum Gasteiger partial charge on any atom is -0.306 e. The van der Waals surface area contributed by atoms with Gasteiger partial charge in [0.05, 0.1) is 5.39 Å². The highest BCUT2D eigenvalue weighted by molar-refractivity contribution is 7.17. The van der Waals surface area contributed by atoms with E-state index in [1.807, 2.05) is 60.8 Å². The van der Waals surface area contributed by atoms with Gasteiger partial charge >= 0.3 is 0 Å². The Balaban J connectivity index is 1.90. The third-order valence-corrected chi connectivity index (χ3v) is 5.01. The van der Waals surface area contributed by atoms with Crippen LogP contribution >= 0.6 is 22.9 Å². The molecule has 5 heteroatoms. The van der Waals surface area contributed by atoms with E-state index >= 15 is 0 Å². The van der Waals surface area contributed by atoms with Crippen molar-refractivity contribution in [3.63, 3.8) is 0 Å². The number of rotatable bonds is 2. The number of thiophene rings is 1. The average Bonchev–Trinajstić information content (AvgIpc) is 3.00. The molecule has 0 aliphatic carbocycles. The van der Waals surface area contributed by atoms with Gasteiger partial charge in [-0.15, -0.1) is 11.3 Å². The maximum atomic E-state index is 12.7. The van der Waals surface area contributed by atoms with E-state index in [1.165, 1.54) is 11.3 Å². The predicted molar refractivity (Wildman–Crippen MR) is 101 cm³/mol. The summed E-state index contributed by atoms with van der Waals surface area (Å²) < 4.78 is 0. The first-order valence-electron chi connectivity index (χ1n) is 7.46. The van der Waals surface area contributed by atoms with E-state index in [9.17, 15) is 4.79 Å². The van der Waals surface area contributed by atoms with Crippen molar-refractivity contribution in [2.45, 2.75) is 6.92 Å². The monoisotopic (exact) mass is 352 g/mol. The molecule has 4 rings (SSSR count). The first-order chi connectivity index (χ1) is 11.6. The first kappa shape index (κ1) is 15.1. The summed E-state index contributed by atoms with van der Waals surface area (Å²) in [6.07, 6.45) is 0. The number of benzene rings is 2. The number of aryl methyl sites for hydroxylation is 1. The summed E-state index contributed by atoms with van der Waals surface area (Å²) in [5.41, 5.74) is 3.76. The lowest BCUT2D eigenvalue weighted by atomic mass is 10.1. The van der Waals surface area contributed by atoms with Crippen molar-refractivity contribution in [3.05, 3.63) is 74.9 Å². The highest BCUT2D eigenvalue weighted by atomic mass is 35.5. The van der Waals surface area contributed by atoms with Gasteiger partial charge in [0.2, 0.25) is 0 Å². The van der Waals surface area contributed by atoms with Crippen LogP contribution in [0.25, 0.3) is 32.7 Å². The van der Waals surface area contributed by atoms with Crippen LogP contribution in [0.5, 0.6) is 0 Å². The molecule has 0 fully saturated rings. The molecule has 0 amide bonds. The molecule has 3 nitrogen and oxygen atoms in total. The summed E-state index contributed by atoms with van der Waals surface area (Å²) in [4.78, 5) is 21.0. The number of aromatic amines is 1. The van der Waals surface area contributed by atoms with E-state index in [-0.39, 0.29) is 5.56 Å². The van der Waals surface area contributed by atoms with Crippen LogP contribution in [0.4, 0.5) is 0 Å². The van der Waals surface area contributed by atoms with Crippen LogP contribution < -0.4 is 5.56 Å². The van der Waals surface area contributed by atoms with Crippen molar-refractivity contribution >= 4 is 33.2 Å². The summed E-state index contributed by atoms with van der Waals surface area (Å²) in [7, 11) is 0. The highest BCUT2D eigenvalue weighted by Gasteiger charge is 2.13. The Bertz CT molecular complexity index is 1100. The molecule has 2 aromatic carbocycles. The van der Waals surface area contributed by atoms with Gasteiger partial charge in [0.15, 0.2) is 0 Å². The minimum atomic E-state index is -0.122. The molecular weight excluding hydrogens is 340 g/mol. The summed E-state index contributed by atoms with van der Waals surface area (Å²) in [5.74, 6) is 0.598. The maximum absolute atomic E-state index is 12.7. The second-order valence-electron chi connectivity index (χ2n) is 5.62. The molecule has 4 aromatic rings. The number of nitrogens with zero attached hydrogens (tertiary/aromatic N) is 1. The lowest BCUT2D eigenvalue weighted by molar-refractivity contribution is 1.19. The van der Waals surface area contributed by atoms with E-state index in [0.29, 0.717) is 16.2 Å². The van der Waals surface area contributed by atoms with Gasteiger partial charge in [-0.25, -0.2) is 4.98 Å². The van der Waals surface area contributed by atoms with Crippen molar-refractivity contribution in [2.75, 3.05) is 0 Å². The van der Waals surface area contributed by atoms with Gasteiger partial charge in [-0.2, -0.15) is 0 Å². The van der Waals surface area contributed by atoms with Gasteiger partial charge in [-0.05, 0) is 30.7 Å². The fourth-order valence-corrected chi connectivity index (χ4v) is 3.79. The SMILES string of the molecule is Cc1cccc(-c2nc3scc(-c4ccc(Cl)cc4)c3c(=O)[nH]2)c1. The third-order valence-electron chi connectivity index (χ3n) is 3.89. The lowest BCUT2D eigenvalue weighted by Crippen LogP contribution is -2.09. The number of hydrogen-bond acceptors (Lipinski definition) is 3. The van der Waals surface area contributed by atoms with E-state index in [4.69, 9.17) is 11.6 Å². The first-order valence-corrected chi connectivity index (χ1v) is 8.72. The molecule has 0 saturated heterocycles. The zero-order valence-electron chi connectivity index (χ0n) is 12.8. The Morgan fingerprint density at radius 3 is 2.62 bits per heavy atom. The fraction of sp³-hybridized carbons (Fsp3) is 0.0526. The van der Waals surface area contributed by atoms with Crippen molar-refractivity contribution < 1.29 is 0 Å². The van der Waals surface area contributed by atoms with E-state index in [2.05, 4.69) is 9.97 Å². The molecule has 0 spiro atoms. The molecule has 0 atom stereocenters. The third kappa shape index (κ3) is 2.64. The van der Waals surface area contributed by atoms with Crippen molar-refractivity contribution in [1.82, 2.24) is 9.97 Å². The van der Waals surface area contributed by atoms with Crippen LogP contribution in [-0.4, -0.2) is 9.97 Å². The molecule has 24 heavy (non-hydrogen) atoms. The van der Waals surface area contributed by atoms with Crippen molar-refractivity contribution in [3.8, 4) is 22.5 Å². The minimum absolute atomic E-state index is 0.122. The second kappa shape index (κ2) is 5.89. The van der Waals surface area contributed by atoms with Crippen LogP contribution in [0, 0.1) is 6.92 Å². The van der Waals surface area contributed by atoms with Gasteiger partial charge in [-0.1, -0.05) is 47.5 Å². The Morgan fingerprint density at radius 1 is 1.08 bits per heavy atom. The van der Waals surface area contributed by atoms with Crippen LogP contribution in [0.2, 0.25) is 5.02 Å². The molecule has 118 valence electrons. The molecule has 0 unspecified atom stereocenters. The maximum Gasteiger partial charge on any atom is 0.260 e. The summed E-state index contributed by atoms with van der Waals surface area (Å²) in [6.45, 7) is 2.02. The molecule has 0 saturated carbocycles. The fourth-order valence-electron chi connectivity index (χ4n) is 2.72. The van der Waals surface area contributed by atoms with E-state index < -0.39 is 0 Å². The molecule has 1 N–H and O–H groups in total.